The van der Waals surface area contributed by atoms with E-state index in [-0.39, 0.29) is 24.4 Å². The van der Waals surface area contributed by atoms with Crippen LogP contribution in [0.1, 0.15) is 37.7 Å². The highest BCUT2D eigenvalue weighted by molar-refractivity contribution is 7.78. The summed E-state index contributed by atoms with van der Waals surface area (Å²) < 4.78 is 0.911. The molecule has 0 aliphatic heterocycles. The summed E-state index contributed by atoms with van der Waals surface area (Å²) in [5.74, 6) is -0.773. The van der Waals surface area contributed by atoms with Crippen LogP contribution in [-0.2, 0) is 9.59 Å². The van der Waals surface area contributed by atoms with Crippen LogP contribution in [0.3, 0.4) is 0 Å². The van der Waals surface area contributed by atoms with Crippen LogP contribution in [0.25, 0.3) is 0 Å². The molecule has 136 valence electrons. The van der Waals surface area contributed by atoms with Gasteiger partial charge in [0.2, 0.25) is 5.91 Å². The molecule has 0 aromatic heterocycles. The van der Waals surface area contributed by atoms with Crippen molar-refractivity contribution in [3.63, 3.8) is 0 Å². The number of hydrazine groups is 1. The number of rotatable bonds is 10. The normalized spacial score (nSPS) is 10.5. The zero-order valence-electron chi connectivity index (χ0n) is 13.3. The first-order valence-corrected chi connectivity index (χ1v) is 7.82. The third-order valence-electron chi connectivity index (χ3n) is 3.10. The summed E-state index contributed by atoms with van der Waals surface area (Å²) in [7, 11) is 0. The van der Waals surface area contributed by atoms with Crippen molar-refractivity contribution >= 4 is 36.5 Å². The van der Waals surface area contributed by atoms with Crippen LogP contribution in [0.15, 0.2) is 29.4 Å². The second-order valence-electron chi connectivity index (χ2n) is 5.01. The molecule has 1 aromatic carbocycles. The number of hydroxylamine groups is 1. The molecular formula is C14H19N5O5S. The number of nitro benzene ring substituents is 1. The van der Waals surface area contributed by atoms with Crippen molar-refractivity contribution in [2.24, 2.45) is 5.10 Å². The Balaban J connectivity index is 2.32. The van der Waals surface area contributed by atoms with E-state index in [0.717, 1.165) is 4.41 Å². The number of amides is 2. The number of hydrogen-bond acceptors (Lipinski definition) is 8. The Kier molecular flexibility index (Phi) is 8.96. The minimum atomic E-state index is -0.511. The molecule has 0 atom stereocenters. The Morgan fingerprint density at radius 1 is 1.32 bits per heavy atom. The lowest BCUT2D eigenvalue weighted by molar-refractivity contribution is -0.384. The van der Waals surface area contributed by atoms with Crippen molar-refractivity contribution < 1.29 is 19.7 Å². The van der Waals surface area contributed by atoms with E-state index in [9.17, 15) is 19.7 Å². The average Bonchev–Trinajstić information content (AvgIpc) is 2.61. The molecule has 0 aliphatic rings. The molecule has 1 aromatic rings. The molecule has 0 saturated carbocycles. The Morgan fingerprint density at radius 2 is 2.04 bits per heavy atom. The molecule has 0 aliphatic carbocycles. The number of benzene rings is 1. The van der Waals surface area contributed by atoms with Crippen molar-refractivity contribution in [3.05, 3.63) is 39.9 Å². The molecule has 10 nitrogen and oxygen atoms in total. The highest BCUT2D eigenvalue weighted by Gasteiger charge is 2.09. The number of carbonyl (C=O) groups excluding carboxylic acids is 2. The third kappa shape index (κ3) is 8.13. The van der Waals surface area contributed by atoms with E-state index in [1.54, 1.807) is 6.07 Å². The van der Waals surface area contributed by atoms with E-state index in [4.69, 9.17) is 5.21 Å². The minimum Gasteiger partial charge on any atom is -0.289 e. The molecule has 1 rings (SSSR count). The van der Waals surface area contributed by atoms with Gasteiger partial charge in [-0.05, 0) is 25.7 Å². The molecule has 0 radical (unpaired) electrons. The molecule has 0 fully saturated rings. The van der Waals surface area contributed by atoms with Crippen LogP contribution in [-0.4, -0.2) is 32.6 Å². The molecule has 11 heteroatoms. The van der Waals surface area contributed by atoms with E-state index < -0.39 is 10.8 Å². The summed E-state index contributed by atoms with van der Waals surface area (Å²) in [6.07, 6.45) is 3.51. The van der Waals surface area contributed by atoms with E-state index in [0.29, 0.717) is 24.8 Å². The standard InChI is InChI=1S/C14H19N5O5S/c20-13(16-22)7-2-1-3-8-14(21)18(25)17-15-10-11-5-4-6-12(9-11)19(23)24/h4-6,9-10,17,22,25H,1-3,7-8H2,(H,16,20)/b15-10+. The molecular weight excluding hydrogens is 350 g/mol. The number of non-ortho nitro benzene ring substituents is 1. The molecule has 2 amide bonds. The van der Waals surface area contributed by atoms with Gasteiger partial charge in [0, 0.05) is 30.5 Å². The summed E-state index contributed by atoms with van der Waals surface area (Å²) in [4.78, 5) is 32.7. The van der Waals surface area contributed by atoms with Gasteiger partial charge in [0.15, 0.2) is 0 Å². The van der Waals surface area contributed by atoms with E-state index >= 15 is 0 Å². The molecule has 25 heavy (non-hydrogen) atoms. The Labute approximate surface area is 149 Å². The topological polar surface area (TPSA) is 137 Å². The van der Waals surface area contributed by atoms with Crippen LogP contribution in [0, 0.1) is 10.1 Å². The maximum atomic E-state index is 11.8. The highest BCUT2D eigenvalue weighted by Crippen LogP contribution is 2.11. The fourth-order valence-corrected chi connectivity index (χ4v) is 1.98. The minimum absolute atomic E-state index is 0.0577. The van der Waals surface area contributed by atoms with Gasteiger partial charge in [0.1, 0.15) is 0 Å². The van der Waals surface area contributed by atoms with Gasteiger partial charge in [-0.25, -0.2) is 11.0 Å². The number of hydrogen-bond donors (Lipinski definition) is 4. The van der Waals surface area contributed by atoms with E-state index in [1.807, 2.05) is 0 Å². The lowest BCUT2D eigenvalue weighted by Crippen LogP contribution is -2.31. The van der Waals surface area contributed by atoms with Crippen LogP contribution >= 0.6 is 12.8 Å². The first kappa shape index (κ1) is 20.4. The van der Waals surface area contributed by atoms with Crippen molar-refractivity contribution in [2.75, 3.05) is 0 Å². The largest absolute Gasteiger partial charge is 0.289 e. The summed E-state index contributed by atoms with van der Waals surface area (Å²) in [6.45, 7) is 0. The van der Waals surface area contributed by atoms with Gasteiger partial charge in [-0.15, -0.1) is 0 Å². The van der Waals surface area contributed by atoms with Crippen LogP contribution < -0.4 is 11.0 Å². The quantitative estimate of drug-likeness (QED) is 0.123. The molecule has 3 N–H and O–H groups in total. The van der Waals surface area contributed by atoms with E-state index in [2.05, 4.69) is 23.5 Å². The summed E-state index contributed by atoms with van der Waals surface area (Å²) >= 11 is 3.95. The van der Waals surface area contributed by atoms with Crippen LogP contribution in [0.2, 0.25) is 0 Å². The molecule has 0 saturated heterocycles. The SMILES string of the molecule is O=C(CCCCCC(=O)N(S)N/N=C/c1cccc([N+](=O)[O-])c1)NO. The van der Waals surface area contributed by atoms with E-state index in [1.165, 1.54) is 29.9 Å². The second-order valence-corrected chi connectivity index (χ2v) is 5.41. The Morgan fingerprint density at radius 3 is 2.72 bits per heavy atom. The summed E-state index contributed by atoms with van der Waals surface area (Å²) in [5, 5.41) is 22.8. The fourth-order valence-electron chi connectivity index (χ4n) is 1.83. The molecule has 0 bridgehead atoms. The predicted molar refractivity (Wildman–Crippen MR) is 92.7 cm³/mol. The second kappa shape index (κ2) is 11.0. The number of nitrogens with one attached hydrogen (secondary N) is 2. The van der Waals surface area contributed by atoms with Crippen LogP contribution in [0.5, 0.6) is 0 Å². The first-order valence-electron chi connectivity index (χ1n) is 7.42. The lowest BCUT2D eigenvalue weighted by Gasteiger charge is -2.13. The number of hydrazone groups is 1. The maximum absolute atomic E-state index is 11.8. The maximum Gasteiger partial charge on any atom is 0.270 e. The summed E-state index contributed by atoms with van der Waals surface area (Å²) in [5.41, 5.74) is 4.38. The van der Waals surface area contributed by atoms with Gasteiger partial charge in [-0.3, -0.25) is 24.9 Å². The number of thiol groups is 1. The van der Waals surface area contributed by atoms with Crippen molar-refractivity contribution in [1.82, 2.24) is 15.4 Å². The predicted octanol–water partition coefficient (Wildman–Crippen LogP) is 1.56. The van der Waals surface area contributed by atoms with Gasteiger partial charge < -0.3 is 0 Å². The monoisotopic (exact) mass is 369 g/mol. The highest BCUT2D eigenvalue weighted by atomic mass is 32.1. The van der Waals surface area contributed by atoms with Crippen molar-refractivity contribution in [2.45, 2.75) is 32.1 Å². The van der Waals surface area contributed by atoms with Gasteiger partial charge in [0.25, 0.3) is 11.6 Å². The number of nitro groups is 1. The molecule has 0 unspecified atom stereocenters. The zero-order valence-corrected chi connectivity index (χ0v) is 14.2. The fraction of sp³-hybridized carbons (Fsp3) is 0.357. The Hall–Kier alpha value is -2.66. The van der Waals surface area contributed by atoms with Gasteiger partial charge in [-0.2, -0.15) is 9.52 Å². The van der Waals surface area contributed by atoms with Crippen molar-refractivity contribution in [1.29, 1.82) is 0 Å². The number of unbranched alkanes of at least 4 members (excludes halogenated alkanes) is 2. The first-order chi connectivity index (χ1) is 11.9. The van der Waals surface area contributed by atoms with Gasteiger partial charge in [0.05, 0.1) is 11.1 Å². The zero-order chi connectivity index (χ0) is 18.7. The van der Waals surface area contributed by atoms with Gasteiger partial charge in [-0.1, -0.05) is 18.6 Å². The Bertz CT molecular complexity index is 640. The van der Waals surface area contributed by atoms with Crippen LogP contribution in [0.4, 0.5) is 5.69 Å². The molecule has 0 heterocycles. The summed E-state index contributed by atoms with van der Waals surface area (Å²) in [6, 6.07) is 5.87. The average molecular weight is 369 g/mol. The lowest BCUT2D eigenvalue weighted by atomic mass is 10.1. The smallest absolute Gasteiger partial charge is 0.270 e. The molecule has 0 spiro atoms. The number of carbonyl (C=O) groups is 2. The number of nitrogens with zero attached hydrogens (tertiary/aromatic N) is 3. The van der Waals surface area contributed by atoms with Crippen molar-refractivity contribution in [3.8, 4) is 0 Å². The van der Waals surface area contributed by atoms with Gasteiger partial charge >= 0.3 is 0 Å². The third-order valence-corrected chi connectivity index (χ3v) is 3.42.